The van der Waals surface area contributed by atoms with Crippen molar-refractivity contribution in [1.82, 2.24) is 9.80 Å². The van der Waals surface area contributed by atoms with Crippen LogP contribution in [0, 0.1) is 0 Å². The van der Waals surface area contributed by atoms with Gasteiger partial charge >= 0.3 is 5.97 Å². The molecular weight excluding hydrogens is 344 g/mol. The standard InChI is InChI=1S/C21H30N2O4/c1-3-22(4-2)18(24)11-8-12-19(25)23-15-13-21(14-16-23,20(26)27)17-9-6-5-7-10-17/h5-7,9-10H,3-4,8,11-16H2,1-2H3,(H,26,27). The molecule has 0 aliphatic carbocycles. The van der Waals surface area contributed by atoms with E-state index in [2.05, 4.69) is 0 Å². The molecular formula is C21H30N2O4. The largest absolute Gasteiger partial charge is 0.481 e. The number of carboxylic acid groups (broad SMARTS) is 1. The molecule has 0 atom stereocenters. The lowest BCUT2D eigenvalue weighted by Crippen LogP contribution is -2.49. The van der Waals surface area contributed by atoms with Gasteiger partial charge < -0.3 is 14.9 Å². The first-order chi connectivity index (χ1) is 12.9. The Labute approximate surface area is 161 Å². The minimum absolute atomic E-state index is 0.00870. The second-order valence-electron chi connectivity index (χ2n) is 7.05. The molecule has 27 heavy (non-hydrogen) atoms. The Morgan fingerprint density at radius 2 is 1.63 bits per heavy atom. The van der Waals surface area contributed by atoms with Crippen LogP contribution in [0.1, 0.15) is 51.5 Å². The zero-order valence-electron chi connectivity index (χ0n) is 16.3. The van der Waals surface area contributed by atoms with Crippen LogP contribution in [0.3, 0.4) is 0 Å². The van der Waals surface area contributed by atoms with Gasteiger partial charge in [0.15, 0.2) is 0 Å². The molecule has 0 spiro atoms. The molecule has 0 bridgehead atoms. The lowest BCUT2D eigenvalue weighted by Gasteiger charge is -2.39. The second kappa shape index (κ2) is 9.53. The summed E-state index contributed by atoms with van der Waals surface area (Å²) in [4.78, 5) is 40.0. The first kappa shape index (κ1) is 20.9. The Kier molecular flexibility index (Phi) is 7.39. The molecule has 6 heteroatoms. The van der Waals surface area contributed by atoms with Crippen LogP contribution in [-0.2, 0) is 19.8 Å². The van der Waals surface area contributed by atoms with Crippen LogP contribution < -0.4 is 0 Å². The molecule has 1 aromatic carbocycles. The van der Waals surface area contributed by atoms with Crippen molar-refractivity contribution in [3.05, 3.63) is 35.9 Å². The average molecular weight is 374 g/mol. The summed E-state index contributed by atoms with van der Waals surface area (Å²) in [5.41, 5.74) is -0.119. The SMILES string of the molecule is CCN(CC)C(=O)CCCC(=O)N1CCC(C(=O)O)(c2ccccc2)CC1. The van der Waals surface area contributed by atoms with E-state index in [1.165, 1.54) is 0 Å². The predicted molar refractivity (Wildman–Crippen MR) is 103 cm³/mol. The highest BCUT2D eigenvalue weighted by Crippen LogP contribution is 2.36. The fourth-order valence-corrected chi connectivity index (χ4v) is 3.80. The van der Waals surface area contributed by atoms with Gasteiger partial charge in [-0.15, -0.1) is 0 Å². The van der Waals surface area contributed by atoms with Gasteiger partial charge in [-0.05, 0) is 38.7 Å². The van der Waals surface area contributed by atoms with E-state index in [0.29, 0.717) is 58.3 Å². The maximum absolute atomic E-state index is 12.5. The van der Waals surface area contributed by atoms with Gasteiger partial charge in [-0.3, -0.25) is 14.4 Å². The van der Waals surface area contributed by atoms with Gasteiger partial charge in [0.05, 0.1) is 5.41 Å². The van der Waals surface area contributed by atoms with Gasteiger partial charge in [-0.2, -0.15) is 0 Å². The summed E-state index contributed by atoms with van der Waals surface area (Å²) in [7, 11) is 0. The molecule has 1 N–H and O–H groups in total. The topological polar surface area (TPSA) is 77.9 Å². The summed E-state index contributed by atoms with van der Waals surface area (Å²) in [5, 5.41) is 9.82. The normalized spacial score (nSPS) is 16.0. The van der Waals surface area contributed by atoms with Crippen molar-refractivity contribution in [1.29, 1.82) is 0 Å². The molecule has 6 nitrogen and oxygen atoms in total. The van der Waals surface area contributed by atoms with Crippen molar-refractivity contribution in [2.24, 2.45) is 0 Å². The Hall–Kier alpha value is -2.37. The first-order valence-electron chi connectivity index (χ1n) is 9.79. The summed E-state index contributed by atoms with van der Waals surface area (Å²) in [6.45, 7) is 6.13. The van der Waals surface area contributed by atoms with Crippen LogP contribution in [0.4, 0.5) is 0 Å². The van der Waals surface area contributed by atoms with Crippen molar-refractivity contribution in [2.75, 3.05) is 26.2 Å². The maximum atomic E-state index is 12.5. The molecule has 0 aromatic heterocycles. The molecule has 1 fully saturated rings. The van der Waals surface area contributed by atoms with E-state index in [1.807, 2.05) is 44.2 Å². The Morgan fingerprint density at radius 1 is 1.04 bits per heavy atom. The molecule has 1 aliphatic rings. The maximum Gasteiger partial charge on any atom is 0.314 e. The molecule has 1 saturated heterocycles. The van der Waals surface area contributed by atoms with Crippen molar-refractivity contribution >= 4 is 17.8 Å². The lowest BCUT2D eigenvalue weighted by atomic mass is 9.73. The van der Waals surface area contributed by atoms with E-state index in [1.54, 1.807) is 9.80 Å². The number of rotatable bonds is 8. The van der Waals surface area contributed by atoms with Gasteiger partial charge in [0, 0.05) is 39.0 Å². The minimum Gasteiger partial charge on any atom is -0.481 e. The smallest absolute Gasteiger partial charge is 0.314 e. The van der Waals surface area contributed by atoms with Crippen molar-refractivity contribution in [3.8, 4) is 0 Å². The van der Waals surface area contributed by atoms with Gasteiger partial charge in [0.25, 0.3) is 0 Å². The Bertz CT molecular complexity index is 647. The quantitative estimate of drug-likeness (QED) is 0.759. The Morgan fingerprint density at radius 3 is 2.15 bits per heavy atom. The first-order valence-corrected chi connectivity index (χ1v) is 9.79. The third-order valence-corrected chi connectivity index (χ3v) is 5.60. The number of amides is 2. The zero-order chi connectivity index (χ0) is 19.9. The number of likely N-dealkylation sites (tertiary alicyclic amines) is 1. The molecule has 1 aromatic rings. The number of hydrogen-bond acceptors (Lipinski definition) is 3. The number of benzene rings is 1. The van der Waals surface area contributed by atoms with E-state index in [4.69, 9.17) is 0 Å². The monoisotopic (exact) mass is 374 g/mol. The molecule has 1 heterocycles. The summed E-state index contributed by atoms with van der Waals surface area (Å²) in [5.74, 6) is -0.736. The van der Waals surface area contributed by atoms with Gasteiger partial charge in [0.2, 0.25) is 11.8 Å². The van der Waals surface area contributed by atoms with E-state index >= 15 is 0 Å². The molecule has 2 rings (SSSR count). The third-order valence-electron chi connectivity index (χ3n) is 5.60. The highest BCUT2D eigenvalue weighted by atomic mass is 16.4. The lowest BCUT2D eigenvalue weighted by molar-refractivity contribution is -0.148. The Balaban J connectivity index is 1.88. The van der Waals surface area contributed by atoms with Crippen LogP contribution in [0.15, 0.2) is 30.3 Å². The number of nitrogens with zero attached hydrogens (tertiary/aromatic N) is 2. The van der Waals surface area contributed by atoms with Gasteiger partial charge in [-0.1, -0.05) is 30.3 Å². The molecule has 1 aliphatic heterocycles. The highest BCUT2D eigenvalue weighted by molar-refractivity contribution is 5.83. The minimum atomic E-state index is -0.920. The van der Waals surface area contributed by atoms with Crippen LogP contribution in [0.25, 0.3) is 0 Å². The number of hydrogen-bond donors (Lipinski definition) is 1. The number of carbonyl (C=O) groups is 3. The zero-order valence-corrected chi connectivity index (χ0v) is 16.3. The summed E-state index contributed by atoms with van der Waals surface area (Å²) in [6.07, 6.45) is 2.07. The molecule has 0 unspecified atom stereocenters. The second-order valence-corrected chi connectivity index (χ2v) is 7.05. The van der Waals surface area contributed by atoms with Gasteiger partial charge in [0.1, 0.15) is 0 Å². The number of carboxylic acids is 1. The summed E-state index contributed by atoms with van der Waals surface area (Å²) in [6, 6.07) is 9.28. The van der Waals surface area contributed by atoms with E-state index in [-0.39, 0.29) is 11.8 Å². The van der Waals surface area contributed by atoms with Crippen molar-refractivity contribution in [3.63, 3.8) is 0 Å². The van der Waals surface area contributed by atoms with E-state index in [9.17, 15) is 19.5 Å². The average Bonchev–Trinajstić information content (AvgIpc) is 2.69. The van der Waals surface area contributed by atoms with Crippen LogP contribution >= 0.6 is 0 Å². The number of carbonyl (C=O) groups excluding carboxylic acids is 2. The molecule has 148 valence electrons. The summed E-state index contributed by atoms with van der Waals surface area (Å²) < 4.78 is 0. The third kappa shape index (κ3) is 4.87. The fourth-order valence-electron chi connectivity index (χ4n) is 3.80. The van der Waals surface area contributed by atoms with Crippen LogP contribution in [-0.4, -0.2) is 58.9 Å². The van der Waals surface area contributed by atoms with Crippen LogP contribution in [0.5, 0.6) is 0 Å². The highest BCUT2D eigenvalue weighted by Gasteiger charge is 2.43. The number of aliphatic carboxylic acids is 1. The summed E-state index contributed by atoms with van der Waals surface area (Å²) >= 11 is 0. The van der Waals surface area contributed by atoms with Crippen LogP contribution in [0.2, 0.25) is 0 Å². The molecule has 0 radical (unpaired) electrons. The van der Waals surface area contributed by atoms with Crippen molar-refractivity contribution in [2.45, 2.75) is 51.4 Å². The molecule has 0 saturated carbocycles. The van der Waals surface area contributed by atoms with E-state index < -0.39 is 11.4 Å². The number of piperidine rings is 1. The van der Waals surface area contributed by atoms with Crippen molar-refractivity contribution < 1.29 is 19.5 Å². The fraction of sp³-hybridized carbons (Fsp3) is 0.571. The van der Waals surface area contributed by atoms with Gasteiger partial charge in [-0.25, -0.2) is 0 Å². The van der Waals surface area contributed by atoms with E-state index in [0.717, 1.165) is 5.56 Å². The predicted octanol–water partition coefficient (Wildman–Crippen LogP) is 2.67. The molecule has 2 amide bonds.